The van der Waals surface area contributed by atoms with Gasteiger partial charge in [0.05, 0.1) is 0 Å². The van der Waals surface area contributed by atoms with Gasteiger partial charge < -0.3 is 9.29 Å². The maximum Gasteiger partial charge on any atom is 0.404 e. The fraction of sp³-hybridized carbons (Fsp3) is 0. The second-order valence-corrected chi connectivity index (χ2v) is 2.43. The van der Waals surface area contributed by atoms with Crippen LogP contribution in [0, 0.1) is 0 Å². The lowest BCUT2D eigenvalue weighted by atomic mass is 10.3. The van der Waals surface area contributed by atoms with Crippen LogP contribution in [0.2, 0.25) is 0 Å². The molecule has 0 atom stereocenters. The first-order chi connectivity index (χ1) is 5.29. The molecule has 0 spiro atoms. The van der Waals surface area contributed by atoms with Gasteiger partial charge in [-0.2, -0.15) is 0 Å². The topological polar surface area (TPSA) is 46.5 Å². The minimum Gasteiger partial charge on any atom is -0.471 e. The Hall–Kier alpha value is -1.16. The number of benzene rings is 1. The van der Waals surface area contributed by atoms with Crippen molar-refractivity contribution >= 4 is 17.3 Å². The molecule has 0 saturated heterocycles. The Balaban J connectivity index is 2.45. The van der Waals surface area contributed by atoms with Gasteiger partial charge in [0.25, 0.3) is 0 Å². The van der Waals surface area contributed by atoms with E-state index in [1.807, 2.05) is 6.07 Å². The van der Waals surface area contributed by atoms with Crippen LogP contribution in [-0.4, -0.2) is 10.4 Å². The van der Waals surface area contributed by atoms with Gasteiger partial charge in [-0.15, -0.1) is 0 Å². The van der Waals surface area contributed by atoms with Gasteiger partial charge in [-0.25, -0.2) is 4.79 Å². The second-order valence-electron chi connectivity index (χ2n) is 1.75. The monoisotopic (exact) mass is 170 g/mol. The largest absolute Gasteiger partial charge is 0.471 e. The number of hydrogen-bond donors (Lipinski definition) is 1. The van der Waals surface area contributed by atoms with E-state index in [-0.39, 0.29) is 0 Å². The predicted octanol–water partition coefficient (Wildman–Crippen LogP) is 2.39. The zero-order chi connectivity index (χ0) is 8.10. The number of carbonyl (C=O) groups is 1. The van der Waals surface area contributed by atoms with Crippen molar-refractivity contribution in [2.45, 2.75) is 0 Å². The van der Waals surface area contributed by atoms with E-state index in [9.17, 15) is 4.79 Å². The minimum atomic E-state index is -1.05. The Kier molecular flexibility index (Phi) is 2.80. The number of carboxylic acid groups (broad SMARTS) is 1. The van der Waals surface area contributed by atoms with Crippen LogP contribution in [-0.2, 0) is 0 Å². The van der Waals surface area contributed by atoms with Gasteiger partial charge in [0.15, 0.2) is 12.0 Å². The molecule has 0 aliphatic heterocycles. The van der Waals surface area contributed by atoms with Crippen molar-refractivity contribution in [3.8, 4) is 5.75 Å². The van der Waals surface area contributed by atoms with E-state index in [1.165, 1.54) is 0 Å². The molecule has 0 aliphatic rings. The highest BCUT2D eigenvalue weighted by Gasteiger charge is 1.98. The van der Waals surface area contributed by atoms with Gasteiger partial charge in [0, 0.05) is 0 Å². The van der Waals surface area contributed by atoms with E-state index in [0.29, 0.717) is 17.8 Å². The third kappa shape index (κ3) is 2.95. The fourth-order valence-corrected chi connectivity index (χ4v) is 0.838. The zero-order valence-electron chi connectivity index (χ0n) is 5.56. The van der Waals surface area contributed by atoms with Crippen LogP contribution in [0.5, 0.6) is 5.75 Å². The molecule has 0 unspecified atom stereocenters. The first-order valence-electron chi connectivity index (χ1n) is 2.91. The molecule has 0 fully saturated rings. The maximum absolute atomic E-state index is 10.0. The van der Waals surface area contributed by atoms with Crippen molar-refractivity contribution in [1.82, 2.24) is 0 Å². The lowest BCUT2D eigenvalue weighted by Crippen LogP contribution is -1.88. The number of para-hydroxylation sites is 1. The summed E-state index contributed by atoms with van der Waals surface area (Å²) in [6.45, 7) is 0. The molecular formula is C7H6O3S. The van der Waals surface area contributed by atoms with Crippen molar-refractivity contribution in [1.29, 1.82) is 0 Å². The molecule has 3 nitrogen and oxygen atoms in total. The van der Waals surface area contributed by atoms with Gasteiger partial charge in [-0.1, -0.05) is 18.2 Å². The number of hydrogen-bond acceptors (Lipinski definition) is 3. The summed E-state index contributed by atoms with van der Waals surface area (Å²) in [5.74, 6) is 0.542. The summed E-state index contributed by atoms with van der Waals surface area (Å²) < 4.78 is 4.78. The molecule has 4 heteroatoms. The van der Waals surface area contributed by atoms with Gasteiger partial charge in [-0.3, -0.25) is 0 Å². The molecule has 1 rings (SSSR count). The molecule has 0 heterocycles. The maximum atomic E-state index is 10.0. The van der Waals surface area contributed by atoms with Crippen molar-refractivity contribution in [3.63, 3.8) is 0 Å². The van der Waals surface area contributed by atoms with Crippen LogP contribution >= 0.6 is 12.0 Å². The van der Waals surface area contributed by atoms with Crippen molar-refractivity contribution < 1.29 is 14.1 Å². The van der Waals surface area contributed by atoms with E-state index < -0.39 is 5.30 Å². The lowest BCUT2D eigenvalue weighted by Gasteiger charge is -1.97. The molecule has 0 aliphatic carbocycles. The average molecular weight is 170 g/mol. The summed E-state index contributed by atoms with van der Waals surface area (Å²) in [6.07, 6.45) is 0. The van der Waals surface area contributed by atoms with E-state index in [1.54, 1.807) is 24.3 Å². The molecule has 58 valence electrons. The lowest BCUT2D eigenvalue weighted by molar-refractivity contribution is 0.221. The Labute approximate surface area is 68.2 Å². The van der Waals surface area contributed by atoms with Crippen molar-refractivity contribution in [3.05, 3.63) is 30.3 Å². The fourth-order valence-electron chi connectivity index (χ4n) is 0.560. The summed E-state index contributed by atoms with van der Waals surface area (Å²) in [5.41, 5.74) is 0. The third-order valence-electron chi connectivity index (χ3n) is 0.952. The SMILES string of the molecule is O=C(O)SOc1ccccc1. The molecule has 1 aromatic carbocycles. The van der Waals surface area contributed by atoms with Crippen LogP contribution in [0.4, 0.5) is 4.79 Å². The highest BCUT2D eigenvalue weighted by Crippen LogP contribution is 2.14. The minimum absolute atomic E-state index is 0.401. The standard InChI is InChI=1S/C7H6O3S/c8-7(9)11-10-6-4-2-1-3-5-6/h1-5H,(H,8,9). The van der Waals surface area contributed by atoms with Crippen LogP contribution < -0.4 is 4.18 Å². The first kappa shape index (κ1) is 7.94. The molecular weight excluding hydrogens is 164 g/mol. The molecule has 0 amide bonds. The van der Waals surface area contributed by atoms with Crippen LogP contribution in [0.15, 0.2) is 30.3 Å². The van der Waals surface area contributed by atoms with Gasteiger partial charge in [0.2, 0.25) is 0 Å². The smallest absolute Gasteiger partial charge is 0.404 e. The molecule has 1 aromatic rings. The number of rotatable bonds is 2. The van der Waals surface area contributed by atoms with E-state index in [4.69, 9.17) is 9.29 Å². The summed E-state index contributed by atoms with van der Waals surface area (Å²) in [4.78, 5) is 10.0. The normalized spacial score (nSPS) is 9.09. The Morgan fingerprint density at radius 2 is 2.00 bits per heavy atom. The third-order valence-corrected chi connectivity index (χ3v) is 1.37. The molecule has 0 aromatic heterocycles. The van der Waals surface area contributed by atoms with Gasteiger partial charge in [-0.05, 0) is 12.1 Å². The second kappa shape index (κ2) is 3.88. The molecule has 0 bridgehead atoms. The van der Waals surface area contributed by atoms with E-state index >= 15 is 0 Å². The van der Waals surface area contributed by atoms with Crippen LogP contribution in [0.25, 0.3) is 0 Å². The van der Waals surface area contributed by atoms with Crippen molar-refractivity contribution in [2.24, 2.45) is 0 Å². The Bertz CT molecular complexity index is 235. The molecule has 1 N–H and O–H groups in total. The average Bonchev–Trinajstić information content (AvgIpc) is 2.03. The zero-order valence-corrected chi connectivity index (χ0v) is 6.38. The molecule has 11 heavy (non-hydrogen) atoms. The highest BCUT2D eigenvalue weighted by atomic mass is 32.2. The molecule has 0 saturated carbocycles. The highest BCUT2D eigenvalue weighted by molar-refractivity contribution is 8.09. The molecule has 0 radical (unpaired) electrons. The van der Waals surface area contributed by atoms with E-state index in [2.05, 4.69) is 0 Å². The summed E-state index contributed by atoms with van der Waals surface area (Å²) in [5, 5.41) is 7.17. The van der Waals surface area contributed by atoms with Gasteiger partial charge >= 0.3 is 5.30 Å². The Morgan fingerprint density at radius 1 is 1.36 bits per heavy atom. The van der Waals surface area contributed by atoms with Crippen LogP contribution in [0.1, 0.15) is 0 Å². The summed E-state index contributed by atoms with van der Waals surface area (Å²) in [6, 6.07) is 8.76. The quantitative estimate of drug-likeness (QED) is 0.692. The Morgan fingerprint density at radius 3 is 2.55 bits per heavy atom. The van der Waals surface area contributed by atoms with E-state index in [0.717, 1.165) is 0 Å². The predicted molar refractivity (Wildman–Crippen MR) is 42.7 cm³/mol. The summed E-state index contributed by atoms with van der Waals surface area (Å²) >= 11 is 0.401. The van der Waals surface area contributed by atoms with Crippen LogP contribution in [0.3, 0.4) is 0 Å². The first-order valence-corrected chi connectivity index (χ1v) is 3.65. The van der Waals surface area contributed by atoms with Gasteiger partial charge in [0.1, 0.15) is 5.75 Å². The van der Waals surface area contributed by atoms with Crippen molar-refractivity contribution in [2.75, 3.05) is 0 Å². The summed E-state index contributed by atoms with van der Waals surface area (Å²) in [7, 11) is 0.